The Labute approximate surface area is 138 Å². The molecule has 8 nitrogen and oxygen atoms in total. The molecule has 0 bridgehead atoms. The summed E-state index contributed by atoms with van der Waals surface area (Å²) in [5, 5.41) is 15.9. The number of nitrogens with one attached hydrogen (secondary N) is 1. The van der Waals surface area contributed by atoms with Gasteiger partial charge in [0.05, 0.1) is 11.9 Å². The summed E-state index contributed by atoms with van der Waals surface area (Å²) in [6, 6.07) is 5.06. The largest absolute Gasteiger partial charge is 0.476 e. The van der Waals surface area contributed by atoms with Crippen LogP contribution in [0.4, 0.5) is 5.69 Å². The number of carboxylic acid groups (broad SMARTS) is 1. The molecule has 2 aromatic rings. The number of pyridine rings is 1. The Kier molecular flexibility index (Phi) is 4.57. The number of aryl methyl sites for hydroxylation is 1. The van der Waals surface area contributed by atoms with E-state index < -0.39 is 11.9 Å². The summed E-state index contributed by atoms with van der Waals surface area (Å²) in [4.78, 5) is 27.8. The molecule has 24 heavy (non-hydrogen) atoms. The minimum atomic E-state index is -1.21. The Hall–Kier alpha value is -2.74. The Morgan fingerprint density at radius 3 is 2.88 bits per heavy atom. The van der Waals surface area contributed by atoms with Crippen molar-refractivity contribution in [3.05, 3.63) is 41.5 Å². The highest BCUT2D eigenvalue weighted by atomic mass is 16.5. The molecule has 0 radical (unpaired) electrons. The van der Waals surface area contributed by atoms with Crippen LogP contribution in [0.25, 0.3) is 0 Å². The number of ether oxygens (including phenoxy) is 1. The number of carbonyl (C=O) groups is 2. The normalized spacial score (nSPS) is 17.5. The third kappa shape index (κ3) is 3.43. The van der Waals surface area contributed by atoms with Gasteiger partial charge in [-0.2, -0.15) is 5.10 Å². The molecule has 3 heterocycles. The van der Waals surface area contributed by atoms with Gasteiger partial charge in [-0.3, -0.25) is 4.79 Å². The first-order valence-corrected chi connectivity index (χ1v) is 7.73. The van der Waals surface area contributed by atoms with Gasteiger partial charge in [0, 0.05) is 12.3 Å². The molecule has 126 valence electrons. The Bertz CT molecular complexity index is 765. The van der Waals surface area contributed by atoms with Gasteiger partial charge in [0.2, 0.25) is 0 Å². The van der Waals surface area contributed by atoms with E-state index in [0.29, 0.717) is 12.3 Å². The quantitative estimate of drug-likeness (QED) is 0.890. The molecule has 8 heteroatoms. The van der Waals surface area contributed by atoms with Crippen LogP contribution in [-0.2, 0) is 4.74 Å². The number of aromatic carboxylic acids is 1. The van der Waals surface area contributed by atoms with Crippen molar-refractivity contribution in [2.75, 3.05) is 11.9 Å². The van der Waals surface area contributed by atoms with Crippen LogP contribution in [0, 0.1) is 6.92 Å². The molecule has 1 atom stereocenters. The lowest BCUT2D eigenvalue weighted by molar-refractivity contribution is -0.0396. The lowest BCUT2D eigenvalue weighted by atomic mass is 10.2. The van der Waals surface area contributed by atoms with Gasteiger partial charge in [-0.1, -0.05) is 6.07 Å². The molecule has 0 spiro atoms. The summed E-state index contributed by atoms with van der Waals surface area (Å²) in [5.41, 5.74) is 0.829. The van der Waals surface area contributed by atoms with Crippen LogP contribution in [0.3, 0.4) is 0 Å². The zero-order valence-corrected chi connectivity index (χ0v) is 13.2. The topological polar surface area (TPSA) is 106 Å². The molecule has 1 aliphatic heterocycles. The van der Waals surface area contributed by atoms with Crippen LogP contribution in [0.1, 0.15) is 52.2 Å². The number of hydrogen-bond donors (Lipinski definition) is 2. The number of carboxylic acids is 1. The predicted octanol–water partition coefficient (Wildman–Crippen LogP) is 2.24. The fourth-order valence-corrected chi connectivity index (χ4v) is 2.58. The number of aromatic nitrogens is 3. The van der Waals surface area contributed by atoms with Gasteiger partial charge in [0.15, 0.2) is 5.69 Å². The molecule has 0 saturated carbocycles. The second kappa shape index (κ2) is 6.79. The molecule has 2 aromatic heterocycles. The van der Waals surface area contributed by atoms with Gasteiger partial charge < -0.3 is 15.2 Å². The average Bonchev–Trinajstić information content (AvgIpc) is 3.00. The molecule has 0 aliphatic carbocycles. The third-order valence-corrected chi connectivity index (χ3v) is 3.75. The van der Waals surface area contributed by atoms with Crippen LogP contribution in [0.15, 0.2) is 24.4 Å². The van der Waals surface area contributed by atoms with Crippen molar-refractivity contribution in [1.82, 2.24) is 14.8 Å². The first kappa shape index (κ1) is 16.1. The van der Waals surface area contributed by atoms with Crippen molar-refractivity contribution in [3.63, 3.8) is 0 Å². The monoisotopic (exact) mass is 330 g/mol. The summed E-state index contributed by atoms with van der Waals surface area (Å²) < 4.78 is 7.06. The first-order chi connectivity index (χ1) is 11.5. The fourth-order valence-electron chi connectivity index (χ4n) is 2.58. The van der Waals surface area contributed by atoms with Crippen molar-refractivity contribution in [3.8, 4) is 0 Å². The van der Waals surface area contributed by atoms with E-state index >= 15 is 0 Å². The van der Waals surface area contributed by atoms with E-state index in [1.54, 1.807) is 25.1 Å². The van der Waals surface area contributed by atoms with Gasteiger partial charge in [-0.05, 0) is 38.3 Å². The number of amides is 1. The second-order valence-corrected chi connectivity index (χ2v) is 5.62. The summed E-state index contributed by atoms with van der Waals surface area (Å²) >= 11 is 0. The van der Waals surface area contributed by atoms with Gasteiger partial charge in [0.25, 0.3) is 5.91 Å². The van der Waals surface area contributed by atoms with Crippen LogP contribution < -0.4 is 5.32 Å². The Balaban J connectivity index is 1.84. The first-order valence-electron chi connectivity index (χ1n) is 7.73. The summed E-state index contributed by atoms with van der Waals surface area (Å²) in [6.07, 6.45) is 3.91. The van der Waals surface area contributed by atoms with E-state index in [9.17, 15) is 14.7 Å². The zero-order valence-electron chi connectivity index (χ0n) is 13.2. The van der Waals surface area contributed by atoms with Crippen LogP contribution in [0.5, 0.6) is 0 Å². The van der Waals surface area contributed by atoms with E-state index in [1.807, 2.05) is 0 Å². The average molecular weight is 330 g/mol. The zero-order chi connectivity index (χ0) is 17.1. The van der Waals surface area contributed by atoms with Gasteiger partial charge in [0.1, 0.15) is 11.9 Å². The maximum atomic E-state index is 12.3. The van der Waals surface area contributed by atoms with E-state index in [1.165, 1.54) is 10.9 Å². The number of nitrogens with zero attached hydrogens (tertiary/aromatic N) is 3. The Morgan fingerprint density at radius 1 is 1.38 bits per heavy atom. The number of anilines is 1. The molecule has 0 aromatic carbocycles. The minimum absolute atomic E-state index is 0.130. The third-order valence-electron chi connectivity index (χ3n) is 3.75. The van der Waals surface area contributed by atoms with Crippen LogP contribution >= 0.6 is 0 Å². The molecule has 1 saturated heterocycles. The Morgan fingerprint density at radius 2 is 2.21 bits per heavy atom. The van der Waals surface area contributed by atoms with Gasteiger partial charge >= 0.3 is 5.97 Å². The summed E-state index contributed by atoms with van der Waals surface area (Å²) in [5.74, 6) is -1.69. The van der Waals surface area contributed by atoms with Gasteiger partial charge in [-0.25, -0.2) is 14.5 Å². The van der Waals surface area contributed by atoms with Crippen LogP contribution in [-0.4, -0.2) is 38.4 Å². The molecule has 2 N–H and O–H groups in total. The lowest BCUT2D eigenvalue weighted by Gasteiger charge is -2.22. The van der Waals surface area contributed by atoms with E-state index in [0.717, 1.165) is 19.3 Å². The molecule has 1 fully saturated rings. The number of hydrogen-bond acceptors (Lipinski definition) is 5. The van der Waals surface area contributed by atoms with E-state index in [4.69, 9.17) is 4.74 Å². The number of rotatable bonds is 4. The molecule has 1 aliphatic rings. The number of carbonyl (C=O) groups excluding carboxylic acids is 1. The van der Waals surface area contributed by atoms with E-state index in [-0.39, 0.29) is 23.3 Å². The van der Waals surface area contributed by atoms with Crippen molar-refractivity contribution < 1.29 is 19.4 Å². The van der Waals surface area contributed by atoms with Crippen molar-refractivity contribution in [2.24, 2.45) is 0 Å². The smallest absolute Gasteiger partial charge is 0.358 e. The highest BCUT2D eigenvalue weighted by molar-refractivity contribution is 6.06. The lowest BCUT2D eigenvalue weighted by Crippen LogP contribution is -2.19. The molecular weight excluding hydrogens is 312 g/mol. The van der Waals surface area contributed by atoms with Crippen molar-refractivity contribution in [2.45, 2.75) is 32.4 Å². The predicted molar refractivity (Wildman–Crippen MR) is 85.0 cm³/mol. The highest BCUT2D eigenvalue weighted by Gasteiger charge is 2.23. The molecule has 3 rings (SSSR count). The standard InChI is InChI=1S/C16H18N4O4/c1-10-5-4-6-11(17-10)15(21)18-12-9-20(19-14(12)16(22)23)13-7-2-3-8-24-13/h4-6,9,13H,2-3,7-8H2,1H3,(H,18,21)(H,22,23). The maximum Gasteiger partial charge on any atom is 0.358 e. The highest BCUT2D eigenvalue weighted by Crippen LogP contribution is 2.25. The summed E-state index contributed by atoms with van der Waals surface area (Å²) in [7, 11) is 0. The van der Waals surface area contributed by atoms with Crippen molar-refractivity contribution >= 4 is 17.6 Å². The van der Waals surface area contributed by atoms with E-state index in [2.05, 4.69) is 15.4 Å². The van der Waals surface area contributed by atoms with Crippen molar-refractivity contribution in [1.29, 1.82) is 0 Å². The SMILES string of the molecule is Cc1cccc(C(=O)Nc2cn(C3CCCCO3)nc2C(=O)O)n1. The molecule has 1 unspecified atom stereocenters. The summed E-state index contributed by atoms with van der Waals surface area (Å²) in [6.45, 7) is 2.39. The molecule has 1 amide bonds. The second-order valence-electron chi connectivity index (χ2n) is 5.62. The van der Waals surface area contributed by atoms with Crippen LogP contribution in [0.2, 0.25) is 0 Å². The molecular formula is C16H18N4O4. The maximum absolute atomic E-state index is 12.3. The fraction of sp³-hybridized carbons (Fsp3) is 0.375. The van der Waals surface area contributed by atoms with Gasteiger partial charge in [-0.15, -0.1) is 0 Å². The minimum Gasteiger partial charge on any atom is -0.476 e.